The topological polar surface area (TPSA) is 36.4 Å². The van der Waals surface area contributed by atoms with Crippen molar-refractivity contribution in [2.24, 2.45) is 4.99 Å². The van der Waals surface area contributed by atoms with E-state index in [1.165, 1.54) is 19.2 Å². The number of aliphatic imine (C=N–C) groups is 1. The first-order valence-electron chi connectivity index (χ1n) is 6.05. The molecule has 0 bridgehead atoms. The Kier molecular flexibility index (Phi) is 7.28. The van der Waals surface area contributed by atoms with E-state index in [1.807, 2.05) is 6.26 Å². The fourth-order valence-corrected chi connectivity index (χ4v) is 2.21. The minimum atomic E-state index is -2.44. The van der Waals surface area contributed by atoms with Crippen LogP contribution >= 0.6 is 11.8 Å². The van der Waals surface area contributed by atoms with Gasteiger partial charge in [0.1, 0.15) is 5.82 Å². The van der Waals surface area contributed by atoms with Crippen molar-refractivity contribution in [2.75, 3.05) is 19.8 Å². The number of hydrogen-bond acceptors (Lipinski definition) is 2. The SMILES string of the molecule is CN=C(NCc1ccc(F)cc1CSC)NCC(F)F. The molecule has 3 nitrogen and oxygen atoms in total. The summed E-state index contributed by atoms with van der Waals surface area (Å²) in [4.78, 5) is 3.85. The van der Waals surface area contributed by atoms with Gasteiger partial charge in [-0.1, -0.05) is 6.07 Å². The maximum atomic E-state index is 13.2. The van der Waals surface area contributed by atoms with E-state index >= 15 is 0 Å². The summed E-state index contributed by atoms with van der Waals surface area (Å²) in [7, 11) is 1.51. The Bertz CT molecular complexity index is 452. The fourth-order valence-electron chi connectivity index (χ4n) is 1.63. The first-order chi connectivity index (χ1) is 9.56. The second-order valence-corrected chi connectivity index (χ2v) is 4.91. The number of nitrogens with one attached hydrogen (secondary N) is 2. The van der Waals surface area contributed by atoms with Crippen LogP contribution in [0.2, 0.25) is 0 Å². The third-order valence-electron chi connectivity index (χ3n) is 2.56. The van der Waals surface area contributed by atoms with Gasteiger partial charge in [0.15, 0.2) is 5.96 Å². The number of alkyl halides is 2. The van der Waals surface area contributed by atoms with Crippen molar-refractivity contribution < 1.29 is 13.2 Å². The molecule has 1 aromatic carbocycles. The van der Waals surface area contributed by atoms with Gasteiger partial charge in [0, 0.05) is 19.3 Å². The molecule has 0 heterocycles. The number of rotatable bonds is 6. The molecule has 7 heteroatoms. The highest BCUT2D eigenvalue weighted by atomic mass is 32.2. The normalized spacial score (nSPS) is 11.8. The zero-order chi connectivity index (χ0) is 15.0. The monoisotopic (exact) mass is 305 g/mol. The van der Waals surface area contributed by atoms with Crippen LogP contribution < -0.4 is 10.6 Å². The van der Waals surface area contributed by atoms with E-state index in [2.05, 4.69) is 15.6 Å². The van der Waals surface area contributed by atoms with Crippen LogP contribution in [0.15, 0.2) is 23.2 Å². The molecular formula is C13H18F3N3S. The van der Waals surface area contributed by atoms with Gasteiger partial charge in [0.05, 0.1) is 6.54 Å². The number of benzene rings is 1. The molecule has 0 aliphatic rings. The lowest BCUT2D eigenvalue weighted by molar-refractivity contribution is 0.152. The molecule has 1 aromatic rings. The number of halogens is 3. The smallest absolute Gasteiger partial charge is 0.255 e. The average Bonchev–Trinajstić information content (AvgIpc) is 2.41. The summed E-state index contributed by atoms with van der Waals surface area (Å²) in [6.07, 6.45) is -0.503. The molecule has 0 fully saturated rings. The van der Waals surface area contributed by atoms with E-state index < -0.39 is 13.0 Å². The third-order valence-corrected chi connectivity index (χ3v) is 3.16. The zero-order valence-electron chi connectivity index (χ0n) is 11.4. The number of hydrogen-bond donors (Lipinski definition) is 2. The summed E-state index contributed by atoms with van der Waals surface area (Å²) in [6, 6.07) is 4.56. The van der Waals surface area contributed by atoms with Crippen molar-refractivity contribution in [3.8, 4) is 0 Å². The van der Waals surface area contributed by atoms with Gasteiger partial charge in [0.2, 0.25) is 0 Å². The lowest BCUT2D eigenvalue weighted by atomic mass is 10.1. The zero-order valence-corrected chi connectivity index (χ0v) is 12.2. The Balaban J connectivity index is 2.63. The van der Waals surface area contributed by atoms with Crippen LogP contribution in [0.1, 0.15) is 11.1 Å². The second kappa shape index (κ2) is 8.73. The van der Waals surface area contributed by atoms with E-state index in [-0.39, 0.29) is 5.82 Å². The average molecular weight is 305 g/mol. The lowest BCUT2D eigenvalue weighted by Crippen LogP contribution is -2.39. The van der Waals surface area contributed by atoms with E-state index in [1.54, 1.807) is 17.8 Å². The van der Waals surface area contributed by atoms with Crippen molar-refractivity contribution in [1.82, 2.24) is 10.6 Å². The minimum absolute atomic E-state index is 0.280. The summed E-state index contributed by atoms with van der Waals surface area (Å²) in [5.74, 6) is 0.709. The quantitative estimate of drug-likeness (QED) is 0.626. The summed E-state index contributed by atoms with van der Waals surface area (Å²) < 4.78 is 37.4. The third kappa shape index (κ3) is 5.73. The molecule has 0 aromatic heterocycles. The molecule has 0 atom stereocenters. The maximum absolute atomic E-state index is 13.2. The molecule has 0 saturated carbocycles. The van der Waals surface area contributed by atoms with Gasteiger partial charge in [-0.2, -0.15) is 11.8 Å². The first kappa shape index (κ1) is 16.7. The van der Waals surface area contributed by atoms with Gasteiger partial charge in [-0.25, -0.2) is 13.2 Å². The largest absolute Gasteiger partial charge is 0.352 e. The molecule has 20 heavy (non-hydrogen) atoms. The molecule has 0 saturated heterocycles. The Morgan fingerprint density at radius 3 is 2.65 bits per heavy atom. The van der Waals surface area contributed by atoms with Gasteiger partial charge < -0.3 is 10.6 Å². The molecule has 0 amide bonds. The van der Waals surface area contributed by atoms with Crippen molar-refractivity contribution in [1.29, 1.82) is 0 Å². The number of guanidine groups is 1. The Morgan fingerprint density at radius 1 is 1.30 bits per heavy atom. The molecule has 0 spiro atoms. The van der Waals surface area contributed by atoms with Gasteiger partial charge in [-0.3, -0.25) is 4.99 Å². The Hall–Kier alpha value is -1.37. The molecule has 0 aliphatic carbocycles. The highest BCUT2D eigenvalue weighted by Gasteiger charge is 2.07. The van der Waals surface area contributed by atoms with Crippen LogP contribution in [0, 0.1) is 5.82 Å². The highest BCUT2D eigenvalue weighted by Crippen LogP contribution is 2.16. The molecule has 0 aliphatic heterocycles. The Labute approximate surface area is 121 Å². The van der Waals surface area contributed by atoms with Crippen molar-refractivity contribution in [2.45, 2.75) is 18.7 Å². The number of thioether (sulfide) groups is 1. The van der Waals surface area contributed by atoms with Crippen LogP contribution in [-0.2, 0) is 12.3 Å². The Morgan fingerprint density at radius 2 is 2.05 bits per heavy atom. The predicted molar refractivity (Wildman–Crippen MR) is 77.8 cm³/mol. The molecular weight excluding hydrogens is 287 g/mol. The maximum Gasteiger partial charge on any atom is 0.255 e. The minimum Gasteiger partial charge on any atom is -0.352 e. The van der Waals surface area contributed by atoms with Crippen LogP contribution in [0.3, 0.4) is 0 Å². The van der Waals surface area contributed by atoms with Crippen molar-refractivity contribution in [3.05, 3.63) is 35.1 Å². The summed E-state index contributed by atoms with van der Waals surface area (Å²) >= 11 is 1.59. The molecule has 0 radical (unpaired) electrons. The molecule has 2 N–H and O–H groups in total. The van der Waals surface area contributed by atoms with Crippen LogP contribution in [0.5, 0.6) is 0 Å². The van der Waals surface area contributed by atoms with Crippen molar-refractivity contribution in [3.63, 3.8) is 0 Å². The van der Waals surface area contributed by atoms with Gasteiger partial charge in [-0.15, -0.1) is 0 Å². The van der Waals surface area contributed by atoms with E-state index in [9.17, 15) is 13.2 Å². The number of nitrogens with zero attached hydrogens (tertiary/aromatic N) is 1. The first-order valence-corrected chi connectivity index (χ1v) is 7.45. The van der Waals surface area contributed by atoms with Crippen molar-refractivity contribution >= 4 is 17.7 Å². The predicted octanol–water partition coefficient (Wildman–Crippen LogP) is 2.62. The summed E-state index contributed by atoms with van der Waals surface area (Å²) in [6.45, 7) is -0.0557. The molecule has 1 rings (SSSR count). The summed E-state index contributed by atoms with van der Waals surface area (Å²) in [5.41, 5.74) is 1.80. The van der Waals surface area contributed by atoms with Crippen LogP contribution in [-0.4, -0.2) is 32.2 Å². The van der Waals surface area contributed by atoms with E-state index in [0.29, 0.717) is 18.3 Å². The van der Waals surface area contributed by atoms with Crippen LogP contribution in [0.4, 0.5) is 13.2 Å². The lowest BCUT2D eigenvalue weighted by Gasteiger charge is -2.14. The standard InChI is InChI=1S/C13H18F3N3S/c1-17-13(19-7-12(15)16)18-6-9-3-4-11(14)5-10(9)8-20-2/h3-5,12H,6-8H2,1-2H3,(H2,17,18,19). The molecule has 112 valence electrons. The van der Waals surface area contributed by atoms with Crippen LogP contribution in [0.25, 0.3) is 0 Å². The van der Waals surface area contributed by atoms with Gasteiger partial charge in [-0.05, 0) is 29.5 Å². The second-order valence-electron chi connectivity index (χ2n) is 4.04. The summed E-state index contributed by atoms with van der Waals surface area (Å²) in [5, 5.41) is 5.44. The van der Waals surface area contributed by atoms with E-state index in [0.717, 1.165) is 11.1 Å². The highest BCUT2D eigenvalue weighted by molar-refractivity contribution is 7.97. The van der Waals surface area contributed by atoms with Gasteiger partial charge >= 0.3 is 0 Å². The molecule has 0 unspecified atom stereocenters. The van der Waals surface area contributed by atoms with Gasteiger partial charge in [0.25, 0.3) is 6.43 Å². The van der Waals surface area contributed by atoms with E-state index in [4.69, 9.17) is 0 Å². The fraction of sp³-hybridized carbons (Fsp3) is 0.462.